The Hall–Kier alpha value is -2.30. The molecule has 0 saturated carbocycles. The highest BCUT2D eigenvalue weighted by molar-refractivity contribution is 8.15. The highest BCUT2D eigenvalue weighted by Gasteiger charge is 2.44. The van der Waals surface area contributed by atoms with Gasteiger partial charge in [-0.25, -0.2) is 12.8 Å². The Balaban J connectivity index is 1.56. The van der Waals surface area contributed by atoms with Crippen LogP contribution in [0.25, 0.3) is 0 Å². The molecule has 1 fully saturated rings. The first-order chi connectivity index (χ1) is 14.7. The number of aliphatic imine (C=N–C) groups is 1. The van der Waals surface area contributed by atoms with Crippen LogP contribution in [0, 0.1) is 5.82 Å². The van der Waals surface area contributed by atoms with Gasteiger partial charge in [0.2, 0.25) is 5.91 Å². The third-order valence-electron chi connectivity index (χ3n) is 4.93. The molecular formula is C20H19ClFN3O4S2. The second kappa shape index (κ2) is 8.68. The number of anilines is 2. The highest BCUT2D eigenvalue weighted by Crippen LogP contribution is 2.37. The van der Waals surface area contributed by atoms with E-state index in [1.165, 1.54) is 30.0 Å². The number of rotatable bonds is 5. The first kappa shape index (κ1) is 21.9. The molecule has 1 amide bonds. The van der Waals surface area contributed by atoms with E-state index in [-0.39, 0.29) is 40.3 Å². The molecule has 0 aliphatic carbocycles. The minimum Gasteiger partial charge on any atom is -0.497 e. The van der Waals surface area contributed by atoms with Gasteiger partial charge in [0.15, 0.2) is 15.0 Å². The number of sulfone groups is 1. The van der Waals surface area contributed by atoms with E-state index < -0.39 is 15.7 Å². The summed E-state index contributed by atoms with van der Waals surface area (Å²) in [4.78, 5) is 19.1. The summed E-state index contributed by atoms with van der Waals surface area (Å²) >= 11 is 7.15. The molecule has 2 aliphatic rings. The number of hydrogen-bond acceptors (Lipinski definition) is 7. The van der Waals surface area contributed by atoms with Crippen LogP contribution in [0.2, 0.25) is 5.02 Å². The van der Waals surface area contributed by atoms with E-state index in [0.29, 0.717) is 22.3 Å². The summed E-state index contributed by atoms with van der Waals surface area (Å²) < 4.78 is 42.3. The minimum absolute atomic E-state index is 0.0187. The Morgan fingerprint density at radius 2 is 2.03 bits per heavy atom. The molecule has 2 aliphatic heterocycles. The molecule has 2 atom stereocenters. The summed E-state index contributed by atoms with van der Waals surface area (Å²) in [6, 6.07) is 10.8. The fraction of sp³-hybridized carbons (Fsp3) is 0.300. The standard InChI is InChI=1S/C20H19ClFN3O4S2/c1-29-14-5-3-13(4-6-14)25(20-24-17-10-31(27,28)11-18(17)30-20)9-19(26)23-12-2-7-16(22)15(21)8-12/h2-8,17-18H,9-11H2,1H3,(H,23,26)/t17-,18-/m0/s1. The predicted octanol–water partition coefficient (Wildman–Crippen LogP) is 3.20. The largest absolute Gasteiger partial charge is 0.497 e. The molecular weight excluding hydrogens is 465 g/mol. The van der Waals surface area contributed by atoms with Gasteiger partial charge in [-0.05, 0) is 42.5 Å². The minimum atomic E-state index is -3.09. The number of ether oxygens (including phenoxy) is 1. The maximum absolute atomic E-state index is 13.4. The number of amides is 1. The molecule has 0 spiro atoms. The molecule has 1 saturated heterocycles. The third-order valence-corrected chi connectivity index (χ3v) is 8.46. The number of carbonyl (C=O) groups is 1. The van der Waals surface area contributed by atoms with Gasteiger partial charge in [-0.1, -0.05) is 23.4 Å². The quantitative estimate of drug-likeness (QED) is 0.702. The Kier molecular flexibility index (Phi) is 6.14. The Morgan fingerprint density at radius 1 is 1.29 bits per heavy atom. The maximum atomic E-state index is 13.4. The summed E-state index contributed by atoms with van der Waals surface area (Å²) in [5, 5.41) is 3.05. The molecule has 2 heterocycles. The number of carbonyl (C=O) groups excluding carboxylic acids is 1. The topological polar surface area (TPSA) is 88.1 Å². The lowest BCUT2D eigenvalue weighted by Crippen LogP contribution is -2.36. The van der Waals surface area contributed by atoms with Crippen molar-refractivity contribution in [3.63, 3.8) is 0 Å². The SMILES string of the molecule is COc1ccc(N(CC(=O)Nc2ccc(F)c(Cl)c2)C2=N[C@H]3CS(=O)(=O)C[C@@H]3S2)cc1. The Bertz CT molecular complexity index is 1140. The number of thioether (sulfide) groups is 1. The van der Waals surface area contributed by atoms with Gasteiger partial charge < -0.3 is 15.0 Å². The molecule has 0 radical (unpaired) electrons. The summed E-state index contributed by atoms with van der Waals surface area (Å²) in [6.07, 6.45) is 0. The molecule has 2 aromatic rings. The highest BCUT2D eigenvalue weighted by atomic mass is 35.5. The summed E-state index contributed by atoms with van der Waals surface area (Å²) in [7, 11) is -1.52. The molecule has 4 rings (SSSR count). The molecule has 31 heavy (non-hydrogen) atoms. The smallest absolute Gasteiger partial charge is 0.244 e. The van der Waals surface area contributed by atoms with Gasteiger partial charge in [-0.2, -0.15) is 0 Å². The van der Waals surface area contributed by atoms with Crippen molar-refractivity contribution in [2.24, 2.45) is 4.99 Å². The first-order valence-electron chi connectivity index (χ1n) is 9.35. The van der Waals surface area contributed by atoms with E-state index in [1.807, 2.05) is 0 Å². The van der Waals surface area contributed by atoms with Gasteiger partial charge in [0.25, 0.3) is 0 Å². The number of amidine groups is 1. The third kappa shape index (κ3) is 4.97. The predicted molar refractivity (Wildman–Crippen MR) is 122 cm³/mol. The van der Waals surface area contributed by atoms with Crippen molar-refractivity contribution in [1.29, 1.82) is 0 Å². The van der Waals surface area contributed by atoms with Crippen molar-refractivity contribution in [2.75, 3.05) is 35.4 Å². The van der Waals surface area contributed by atoms with Crippen molar-refractivity contribution in [3.05, 3.63) is 53.3 Å². The zero-order chi connectivity index (χ0) is 22.2. The lowest BCUT2D eigenvalue weighted by Gasteiger charge is -2.24. The van der Waals surface area contributed by atoms with Gasteiger partial charge in [0, 0.05) is 16.6 Å². The van der Waals surface area contributed by atoms with Gasteiger partial charge in [0.1, 0.15) is 18.1 Å². The van der Waals surface area contributed by atoms with E-state index in [0.717, 1.165) is 0 Å². The van der Waals surface area contributed by atoms with Crippen LogP contribution in [-0.2, 0) is 14.6 Å². The zero-order valence-electron chi connectivity index (χ0n) is 16.4. The molecule has 0 unspecified atom stereocenters. The fourth-order valence-corrected chi connectivity index (χ4v) is 7.38. The van der Waals surface area contributed by atoms with Gasteiger partial charge in [-0.15, -0.1) is 0 Å². The number of nitrogens with zero attached hydrogens (tertiary/aromatic N) is 2. The van der Waals surface area contributed by atoms with E-state index in [9.17, 15) is 17.6 Å². The van der Waals surface area contributed by atoms with Gasteiger partial charge in [0.05, 0.1) is 29.7 Å². The van der Waals surface area contributed by atoms with Crippen molar-refractivity contribution >= 4 is 55.6 Å². The lowest BCUT2D eigenvalue weighted by atomic mass is 10.2. The van der Waals surface area contributed by atoms with Crippen LogP contribution in [0.3, 0.4) is 0 Å². The van der Waals surface area contributed by atoms with Crippen LogP contribution in [0.4, 0.5) is 15.8 Å². The summed E-state index contributed by atoms with van der Waals surface area (Å²) in [6.45, 7) is -0.0701. The van der Waals surface area contributed by atoms with Crippen molar-refractivity contribution in [3.8, 4) is 5.75 Å². The molecule has 0 bridgehead atoms. The van der Waals surface area contributed by atoms with Crippen LogP contribution in [0.5, 0.6) is 5.75 Å². The van der Waals surface area contributed by atoms with Crippen molar-refractivity contribution < 1.29 is 22.3 Å². The average molecular weight is 484 g/mol. The van der Waals surface area contributed by atoms with Crippen molar-refractivity contribution in [2.45, 2.75) is 11.3 Å². The van der Waals surface area contributed by atoms with Gasteiger partial charge in [-0.3, -0.25) is 9.79 Å². The Labute approximate surface area is 188 Å². The summed E-state index contributed by atoms with van der Waals surface area (Å²) in [5.74, 6) is -0.168. The van der Waals surface area contributed by atoms with Gasteiger partial charge >= 0.3 is 0 Å². The maximum Gasteiger partial charge on any atom is 0.244 e. The van der Waals surface area contributed by atoms with E-state index in [1.54, 1.807) is 36.3 Å². The van der Waals surface area contributed by atoms with Crippen LogP contribution in [0.15, 0.2) is 47.5 Å². The second-order valence-corrected chi connectivity index (χ2v) is 10.9. The van der Waals surface area contributed by atoms with E-state index >= 15 is 0 Å². The number of nitrogens with one attached hydrogen (secondary N) is 1. The monoisotopic (exact) mass is 483 g/mol. The van der Waals surface area contributed by atoms with Crippen molar-refractivity contribution in [1.82, 2.24) is 0 Å². The average Bonchev–Trinajstić information content (AvgIpc) is 3.22. The normalized spacial score (nSPS) is 21.3. The molecule has 2 aromatic carbocycles. The van der Waals surface area contributed by atoms with Crippen LogP contribution in [-0.4, -0.2) is 55.9 Å². The number of hydrogen-bond donors (Lipinski definition) is 1. The summed E-state index contributed by atoms with van der Waals surface area (Å²) in [5.41, 5.74) is 1.08. The molecule has 1 N–H and O–H groups in total. The van der Waals surface area contributed by atoms with E-state index in [4.69, 9.17) is 16.3 Å². The molecule has 7 nitrogen and oxygen atoms in total. The first-order valence-corrected chi connectivity index (χ1v) is 12.4. The number of methoxy groups -OCH3 is 1. The second-order valence-electron chi connectivity index (χ2n) is 7.17. The fourth-order valence-electron chi connectivity index (χ4n) is 3.42. The van der Waals surface area contributed by atoms with Crippen LogP contribution >= 0.6 is 23.4 Å². The zero-order valence-corrected chi connectivity index (χ0v) is 18.8. The molecule has 164 valence electrons. The number of halogens is 2. The Morgan fingerprint density at radius 3 is 2.68 bits per heavy atom. The molecule has 0 aromatic heterocycles. The van der Waals surface area contributed by atoms with E-state index in [2.05, 4.69) is 10.3 Å². The lowest BCUT2D eigenvalue weighted by molar-refractivity contribution is -0.114. The molecule has 11 heteroatoms. The van der Waals surface area contributed by atoms with Crippen LogP contribution < -0.4 is 15.0 Å². The number of fused-ring (bicyclic) bond motifs is 1. The number of benzene rings is 2. The van der Waals surface area contributed by atoms with Crippen LogP contribution in [0.1, 0.15) is 0 Å².